The average Bonchev–Trinajstić information content (AvgIpc) is 2.92. The summed E-state index contributed by atoms with van der Waals surface area (Å²) in [6, 6.07) is 9.29. The zero-order chi connectivity index (χ0) is 14.4. The minimum atomic E-state index is -0.206. The fourth-order valence-corrected chi connectivity index (χ4v) is 2.65. The van der Waals surface area contributed by atoms with Crippen LogP contribution in [0.5, 0.6) is 0 Å². The molecular weight excluding hydrogens is 274 g/mol. The van der Waals surface area contributed by atoms with Gasteiger partial charge in [-0.15, -0.1) is 10.2 Å². The summed E-state index contributed by atoms with van der Waals surface area (Å²) in [4.78, 5) is 12.3. The maximum absolute atomic E-state index is 12.3. The van der Waals surface area contributed by atoms with Crippen molar-refractivity contribution in [1.29, 1.82) is 0 Å². The number of hydrogen-bond donors (Lipinski definition) is 0. The first-order valence-corrected chi connectivity index (χ1v) is 7.23. The highest BCUT2D eigenvalue weighted by molar-refractivity contribution is 8.00. The number of benzene rings is 1. The van der Waals surface area contributed by atoms with E-state index in [0.29, 0.717) is 13.2 Å². The summed E-state index contributed by atoms with van der Waals surface area (Å²) in [7, 11) is 1.65. The maximum Gasteiger partial charge on any atom is 0.191 e. The predicted octanol–water partition coefficient (Wildman–Crippen LogP) is 2.29. The summed E-state index contributed by atoms with van der Waals surface area (Å²) in [6.45, 7) is 3.15. The molecule has 0 aliphatic heterocycles. The lowest BCUT2D eigenvalue weighted by Gasteiger charge is -2.10. The van der Waals surface area contributed by atoms with E-state index in [9.17, 15) is 4.79 Å². The Balaban J connectivity index is 2.03. The lowest BCUT2D eigenvalue weighted by Crippen LogP contribution is -2.15. The molecule has 0 bridgehead atoms. The van der Waals surface area contributed by atoms with Crippen LogP contribution in [0.1, 0.15) is 17.3 Å². The number of carbonyl (C=O) groups excluding carboxylic acids is 1. The van der Waals surface area contributed by atoms with Crippen LogP contribution in [-0.4, -0.2) is 39.5 Å². The van der Waals surface area contributed by atoms with Crippen molar-refractivity contribution in [2.24, 2.45) is 0 Å². The van der Waals surface area contributed by atoms with Crippen LogP contribution in [0, 0.1) is 0 Å². The molecule has 2 rings (SSSR count). The number of hydrogen-bond acceptors (Lipinski definition) is 5. The molecule has 0 saturated carbocycles. The van der Waals surface area contributed by atoms with Crippen molar-refractivity contribution < 1.29 is 9.53 Å². The number of ether oxygens (including phenoxy) is 1. The first-order chi connectivity index (χ1) is 9.72. The Labute approximate surface area is 122 Å². The number of methoxy groups -OCH3 is 1. The van der Waals surface area contributed by atoms with Crippen molar-refractivity contribution in [2.45, 2.75) is 23.9 Å². The van der Waals surface area contributed by atoms with Crippen LogP contribution in [0.15, 0.2) is 41.8 Å². The largest absolute Gasteiger partial charge is 0.383 e. The van der Waals surface area contributed by atoms with Gasteiger partial charge in [0.25, 0.3) is 0 Å². The SMILES string of the molecule is COCCn1cnnc1SC(C)C(=O)c1ccccc1. The molecule has 0 aliphatic carbocycles. The Morgan fingerprint density at radius 3 is 2.85 bits per heavy atom. The van der Waals surface area contributed by atoms with Crippen molar-refractivity contribution in [1.82, 2.24) is 14.8 Å². The van der Waals surface area contributed by atoms with E-state index in [1.807, 2.05) is 41.8 Å². The normalized spacial score (nSPS) is 12.3. The van der Waals surface area contributed by atoms with E-state index in [1.165, 1.54) is 11.8 Å². The van der Waals surface area contributed by atoms with Gasteiger partial charge in [0.1, 0.15) is 6.33 Å². The number of Topliss-reactive ketones (excluding diaryl/α,β-unsaturated/α-hetero) is 1. The van der Waals surface area contributed by atoms with Gasteiger partial charge >= 0.3 is 0 Å². The lowest BCUT2D eigenvalue weighted by atomic mass is 10.1. The molecule has 0 aliphatic rings. The number of nitrogens with zero attached hydrogens (tertiary/aromatic N) is 3. The molecule has 1 heterocycles. The highest BCUT2D eigenvalue weighted by Gasteiger charge is 2.19. The molecule has 0 saturated heterocycles. The van der Waals surface area contributed by atoms with Crippen LogP contribution >= 0.6 is 11.8 Å². The van der Waals surface area contributed by atoms with E-state index in [1.54, 1.807) is 13.4 Å². The summed E-state index contributed by atoms with van der Waals surface area (Å²) in [5, 5.41) is 8.47. The topological polar surface area (TPSA) is 57.0 Å². The number of carbonyl (C=O) groups is 1. The fraction of sp³-hybridized carbons (Fsp3) is 0.357. The quantitative estimate of drug-likeness (QED) is 0.578. The smallest absolute Gasteiger partial charge is 0.191 e. The van der Waals surface area contributed by atoms with Crippen molar-refractivity contribution in [3.8, 4) is 0 Å². The fourth-order valence-electron chi connectivity index (χ4n) is 1.73. The zero-order valence-corrected chi connectivity index (χ0v) is 12.3. The average molecular weight is 291 g/mol. The third kappa shape index (κ3) is 3.68. The molecule has 0 N–H and O–H groups in total. The molecule has 1 aromatic carbocycles. The number of rotatable bonds is 7. The Kier molecular flexibility index (Phi) is 5.31. The minimum Gasteiger partial charge on any atom is -0.383 e. The lowest BCUT2D eigenvalue weighted by molar-refractivity contribution is 0.0994. The minimum absolute atomic E-state index is 0.0943. The summed E-state index contributed by atoms with van der Waals surface area (Å²) in [6.07, 6.45) is 1.65. The molecular formula is C14H17N3O2S. The molecule has 2 aromatic rings. The second kappa shape index (κ2) is 7.21. The first-order valence-electron chi connectivity index (χ1n) is 6.35. The standard InChI is InChI=1S/C14H17N3O2S/c1-11(13(18)12-6-4-3-5-7-12)20-14-16-15-10-17(14)8-9-19-2/h3-7,10-11H,8-9H2,1-2H3. The van der Waals surface area contributed by atoms with Gasteiger partial charge in [-0.1, -0.05) is 42.1 Å². The van der Waals surface area contributed by atoms with Gasteiger partial charge in [-0.05, 0) is 6.92 Å². The van der Waals surface area contributed by atoms with Crippen LogP contribution in [0.4, 0.5) is 0 Å². The maximum atomic E-state index is 12.3. The Bertz CT molecular complexity index is 557. The van der Waals surface area contributed by atoms with Crippen molar-refractivity contribution in [3.63, 3.8) is 0 Å². The third-order valence-corrected chi connectivity index (χ3v) is 3.92. The molecule has 0 radical (unpaired) electrons. The monoisotopic (exact) mass is 291 g/mol. The van der Waals surface area contributed by atoms with Gasteiger partial charge in [-0.25, -0.2) is 0 Å². The molecule has 1 unspecified atom stereocenters. The second-order valence-corrected chi connectivity index (χ2v) is 5.60. The third-order valence-electron chi connectivity index (χ3n) is 2.83. The van der Waals surface area contributed by atoms with Gasteiger partial charge < -0.3 is 9.30 Å². The van der Waals surface area contributed by atoms with E-state index < -0.39 is 0 Å². The van der Waals surface area contributed by atoms with Crippen molar-refractivity contribution >= 4 is 17.5 Å². The Morgan fingerprint density at radius 1 is 1.40 bits per heavy atom. The Morgan fingerprint density at radius 2 is 2.15 bits per heavy atom. The van der Waals surface area contributed by atoms with Gasteiger partial charge in [0.05, 0.1) is 11.9 Å². The van der Waals surface area contributed by atoms with E-state index in [4.69, 9.17) is 4.74 Å². The molecule has 5 nitrogen and oxygen atoms in total. The van der Waals surface area contributed by atoms with Crippen LogP contribution in [0.25, 0.3) is 0 Å². The van der Waals surface area contributed by atoms with Crippen molar-refractivity contribution in [3.05, 3.63) is 42.2 Å². The first kappa shape index (κ1) is 14.7. The molecule has 0 fully saturated rings. The molecule has 1 atom stereocenters. The van der Waals surface area contributed by atoms with Crippen LogP contribution in [-0.2, 0) is 11.3 Å². The van der Waals surface area contributed by atoms with Gasteiger partial charge in [-0.2, -0.15) is 0 Å². The highest BCUT2D eigenvalue weighted by Crippen LogP contribution is 2.23. The highest BCUT2D eigenvalue weighted by atomic mass is 32.2. The molecule has 20 heavy (non-hydrogen) atoms. The molecule has 0 spiro atoms. The summed E-state index contributed by atoms with van der Waals surface area (Å²) in [5.41, 5.74) is 0.718. The zero-order valence-electron chi connectivity index (χ0n) is 11.5. The van der Waals surface area contributed by atoms with Gasteiger partial charge in [0, 0.05) is 19.2 Å². The van der Waals surface area contributed by atoms with E-state index in [2.05, 4.69) is 10.2 Å². The number of thioether (sulfide) groups is 1. The summed E-state index contributed by atoms with van der Waals surface area (Å²) >= 11 is 1.41. The molecule has 6 heteroatoms. The van der Waals surface area contributed by atoms with Gasteiger partial charge in [0.2, 0.25) is 0 Å². The van der Waals surface area contributed by atoms with Gasteiger partial charge in [-0.3, -0.25) is 4.79 Å². The molecule has 106 valence electrons. The molecule has 1 aromatic heterocycles. The molecule has 0 amide bonds. The van der Waals surface area contributed by atoms with E-state index >= 15 is 0 Å². The van der Waals surface area contributed by atoms with Crippen molar-refractivity contribution in [2.75, 3.05) is 13.7 Å². The van der Waals surface area contributed by atoms with E-state index in [-0.39, 0.29) is 11.0 Å². The van der Waals surface area contributed by atoms with Crippen LogP contribution < -0.4 is 0 Å². The van der Waals surface area contributed by atoms with Gasteiger partial charge in [0.15, 0.2) is 10.9 Å². The van der Waals surface area contributed by atoms with Crippen LogP contribution in [0.2, 0.25) is 0 Å². The Hall–Kier alpha value is -1.66. The predicted molar refractivity (Wildman–Crippen MR) is 78.0 cm³/mol. The van der Waals surface area contributed by atoms with E-state index in [0.717, 1.165) is 10.7 Å². The number of aromatic nitrogens is 3. The second-order valence-electron chi connectivity index (χ2n) is 4.29. The number of ketones is 1. The summed E-state index contributed by atoms with van der Waals surface area (Å²) < 4.78 is 6.93. The summed E-state index contributed by atoms with van der Waals surface area (Å²) in [5.74, 6) is 0.0943. The van der Waals surface area contributed by atoms with Crippen LogP contribution in [0.3, 0.4) is 0 Å².